The maximum absolute atomic E-state index is 12.3. The van der Waals surface area contributed by atoms with E-state index in [9.17, 15) is 9.59 Å². The fourth-order valence-electron chi connectivity index (χ4n) is 3.01. The van der Waals surface area contributed by atoms with Crippen LogP contribution < -0.4 is 14.8 Å². The molecule has 0 saturated carbocycles. The van der Waals surface area contributed by atoms with Gasteiger partial charge in [0.05, 0.1) is 13.7 Å². The Morgan fingerprint density at radius 2 is 2.08 bits per heavy atom. The third kappa shape index (κ3) is 6.18. The van der Waals surface area contributed by atoms with Crippen molar-refractivity contribution in [3.63, 3.8) is 0 Å². The molecule has 1 heterocycles. The van der Waals surface area contributed by atoms with Gasteiger partial charge in [0.25, 0.3) is 0 Å². The number of rotatable bonds is 8. The number of ether oxygens (including phenoxy) is 2. The lowest BCUT2D eigenvalue weighted by Gasteiger charge is -2.32. The number of hydrogen-bond acceptors (Lipinski definition) is 5. The Labute approximate surface area is 161 Å². The topological polar surface area (TPSA) is 67.9 Å². The van der Waals surface area contributed by atoms with E-state index in [-0.39, 0.29) is 24.1 Å². The van der Waals surface area contributed by atoms with Crippen molar-refractivity contribution in [2.75, 3.05) is 33.9 Å². The number of benzene rings is 1. The molecule has 7 heteroatoms. The Balaban J connectivity index is 0.00000338. The number of likely N-dealkylation sites (tertiary alicyclic amines) is 1. The van der Waals surface area contributed by atoms with Crippen LogP contribution in [0.4, 0.5) is 0 Å². The molecule has 1 aromatic carbocycles. The van der Waals surface area contributed by atoms with Crippen LogP contribution in [0.5, 0.6) is 11.5 Å². The lowest BCUT2D eigenvalue weighted by Crippen LogP contribution is -2.46. The molecule has 0 aliphatic carbocycles. The molecule has 1 aliphatic heterocycles. The summed E-state index contributed by atoms with van der Waals surface area (Å²) in [4.78, 5) is 25.6. The zero-order valence-corrected chi connectivity index (χ0v) is 16.6. The fraction of sp³-hybridized carbons (Fsp3) is 0.579. The molecule has 0 bridgehead atoms. The molecule has 0 spiro atoms. The van der Waals surface area contributed by atoms with Crippen molar-refractivity contribution in [3.8, 4) is 11.5 Å². The molecule has 2 rings (SSSR count). The molecular formula is C19H29ClN2O4. The van der Waals surface area contributed by atoms with Crippen molar-refractivity contribution in [2.24, 2.45) is 0 Å². The van der Waals surface area contributed by atoms with Crippen LogP contribution in [0.2, 0.25) is 0 Å². The number of nitrogens with one attached hydrogen (secondary N) is 1. The first-order valence-electron chi connectivity index (χ1n) is 8.82. The second kappa shape index (κ2) is 11.0. The Morgan fingerprint density at radius 3 is 2.73 bits per heavy atom. The van der Waals surface area contributed by atoms with Gasteiger partial charge in [0, 0.05) is 31.1 Å². The van der Waals surface area contributed by atoms with Crippen LogP contribution in [0.3, 0.4) is 0 Å². The van der Waals surface area contributed by atoms with Gasteiger partial charge >= 0.3 is 0 Å². The molecule has 1 aliphatic rings. The summed E-state index contributed by atoms with van der Waals surface area (Å²) in [5, 5.41) is 3.25. The number of ketones is 1. The van der Waals surface area contributed by atoms with Crippen LogP contribution >= 0.6 is 12.4 Å². The highest BCUT2D eigenvalue weighted by Gasteiger charge is 2.22. The lowest BCUT2D eigenvalue weighted by molar-refractivity contribution is -0.132. The molecule has 1 unspecified atom stereocenters. The largest absolute Gasteiger partial charge is 0.493 e. The smallest absolute Gasteiger partial charge is 0.222 e. The summed E-state index contributed by atoms with van der Waals surface area (Å²) in [6.45, 7) is 3.58. The second-order valence-corrected chi connectivity index (χ2v) is 6.34. The van der Waals surface area contributed by atoms with Crippen molar-refractivity contribution in [1.29, 1.82) is 0 Å². The Morgan fingerprint density at radius 1 is 1.31 bits per heavy atom. The Kier molecular flexibility index (Phi) is 9.44. The molecular weight excluding hydrogens is 356 g/mol. The number of carbonyl (C=O) groups excluding carboxylic acids is 2. The van der Waals surface area contributed by atoms with Gasteiger partial charge in [-0.05, 0) is 51.4 Å². The molecule has 6 nitrogen and oxygen atoms in total. The SMILES string of the molecule is CNC1CCCN(C(=O)CCCOc2ccc(C(C)=O)cc2OC)C1.Cl. The predicted molar refractivity (Wildman–Crippen MR) is 104 cm³/mol. The van der Waals surface area contributed by atoms with Crippen LogP contribution in [0.25, 0.3) is 0 Å². The molecule has 1 N–H and O–H groups in total. The molecule has 26 heavy (non-hydrogen) atoms. The summed E-state index contributed by atoms with van der Waals surface area (Å²) in [7, 11) is 3.49. The van der Waals surface area contributed by atoms with E-state index >= 15 is 0 Å². The Bertz CT molecular complexity index is 609. The van der Waals surface area contributed by atoms with Gasteiger partial charge in [-0.2, -0.15) is 0 Å². The van der Waals surface area contributed by atoms with E-state index in [4.69, 9.17) is 9.47 Å². The Hall–Kier alpha value is -1.79. The van der Waals surface area contributed by atoms with Gasteiger partial charge in [-0.1, -0.05) is 0 Å². The zero-order chi connectivity index (χ0) is 18.2. The van der Waals surface area contributed by atoms with Crippen molar-refractivity contribution in [1.82, 2.24) is 10.2 Å². The van der Waals surface area contributed by atoms with Crippen LogP contribution in [0, 0.1) is 0 Å². The van der Waals surface area contributed by atoms with Crippen molar-refractivity contribution < 1.29 is 19.1 Å². The van der Waals surface area contributed by atoms with Gasteiger partial charge in [0.2, 0.25) is 5.91 Å². The van der Waals surface area contributed by atoms with E-state index in [1.807, 2.05) is 11.9 Å². The van der Waals surface area contributed by atoms with Crippen molar-refractivity contribution in [2.45, 2.75) is 38.6 Å². The van der Waals surface area contributed by atoms with Gasteiger partial charge in [-0.25, -0.2) is 0 Å². The van der Waals surface area contributed by atoms with Gasteiger partial charge < -0.3 is 19.7 Å². The lowest BCUT2D eigenvalue weighted by atomic mass is 10.1. The number of methoxy groups -OCH3 is 1. The second-order valence-electron chi connectivity index (χ2n) is 6.34. The van der Waals surface area contributed by atoms with E-state index < -0.39 is 0 Å². The normalized spacial score (nSPS) is 16.6. The molecule has 1 saturated heterocycles. The summed E-state index contributed by atoms with van der Waals surface area (Å²) < 4.78 is 11.0. The number of carbonyl (C=O) groups is 2. The molecule has 0 aromatic heterocycles. The molecule has 1 amide bonds. The summed E-state index contributed by atoms with van der Waals surface area (Å²) in [5.41, 5.74) is 0.587. The molecule has 0 radical (unpaired) electrons. The quantitative estimate of drug-likeness (QED) is 0.551. The highest BCUT2D eigenvalue weighted by Crippen LogP contribution is 2.28. The van der Waals surface area contributed by atoms with Gasteiger partial charge in [0.15, 0.2) is 17.3 Å². The standard InChI is InChI=1S/C19H28N2O4.ClH/c1-14(22)15-8-9-17(18(12-15)24-3)25-11-5-7-19(23)21-10-4-6-16(13-21)20-2;/h8-9,12,16,20H,4-7,10-11,13H2,1-3H3;1H. The predicted octanol–water partition coefficient (Wildman–Crippen LogP) is 2.69. The first kappa shape index (κ1) is 22.3. The fourth-order valence-corrected chi connectivity index (χ4v) is 3.01. The summed E-state index contributed by atoms with van der Waals surface area (Å²) >= 11 is 0. The summed E-state index contributed by atoms with van der Waals surface area (Å²) in [6.07, 6.45) is 3.30. The molecule has 146 valence electrons. The number of Topliss-reactive ketones (excluding diaryl/α,β-unsaturated/α-hetero) is 1. The first-order valence-corrected chi connectivity index (χ1v) is 8.82. The number of piperidine rings is 1. The number of halogens is 1. The first-order chi connectivity index (χ1) is 12.0. The zero-order valence-electron chi connectivity index (χ0n) is 15.7. The van der Waals surface area contributed by atoms with Crippen LogP contribution in [-0.2, 0) is 4.79 Å². The highest BCUT2D eigenvalue weighted by molar-refractivity contribution is 5.94. The molecule has 1 fully saturated rings. The van der Waals surface area contributed by atoms with E-state index in [0.717, 1.165) is 25.9 Å². The maximum atomic E-state index is 12.3. The van der Waals surface area contributed by atoms with E-state index in [1.165, 1.54) is 6.92 Å². The van der Waals surface area contributed by atoms with Crippen LogP contribution in [0.15, 0.2) is 18.2 Å². The highest BCUT2D eigenvalue weighted by atomic mass is 35.5. The van der Waals surface area contributed by atoms with Crippen LogP contribution in [0.1, 0.15) is 43.0 Å². The third-order valence-corrected chi connectivity index (χ3v) is 4.55. The van der Waals surface area contributed by atoms with Crippen LogP contribution in [-0.4, -0.2) is 56.5 Å². The summed E-state index contributed by atoms with van der Waals surface area (Å²) in [6, 6.07) is 5.53. The number of likely N-dealkylation sites (N-methyl/N-ethyl adjacent to an activating group) is 1. The minimum Gasteiger partial charge on any atom is -0.493 e. The number of hydrogen-bond donors (Lipinski definition) is 1. The molecule has 1 atom stereocenters. The monoisotopic (exact) mass is 384 g/mol. The number of nitrogens with zero attached hydrogens (tertiary/aromatic N) is 1. The van der Waals surface area contributed by atoms with Gasteiger partial charge in [-0.3, -0.25) is 9.59 Å². The maximum Gasteiger partial charge on any atom is 0.222 e. The minimum atomic E-state index is -0.0168. The average molecular weight is 385 g/mol. The van der Waals surface area contributed by atoms with E-state index in [0.29, 0.717) is 42.6 Å². The third-order valence-electron chi connectivity index (χ3n) is 4.55. The van der Waals surface area contributed by atoms with E-state index in [2.05, 4.69) is 5.32 Å². The van der Waals surface area contributed by atoms with E-state index in [1.54, 1.807) is 25.3 Å². The average Bonchev–Trinajstić information content (AvgIpc) is 2.64. The van der Waals surface area contributed by atoms with Gasteiger partial charge in [-0.15, -0.1) is 12.4 Å². The van der Waals surface area contributed by atoms with Crippen molar-refractivity contribution in [3.05, 3.63) is 23.8 Å². The minimum absolute atomic E-state index is 0. The van der Waals surface area contributed by atoms with Gasteiger partial charge in [0.1, 0.15) is 0 Å². The van der Waals surface area contributed by atoms with Crippen molar-refractivity contribution >= 4 is 24.1 Å². The summed E-state index contributed by atoms with van der Waals surface area (Å²) in [5.74, 6) is 1.29. The molecule has 1 aromatic rings. The number of amides is 1.